The first-order valence-electron chi connectivity index (χ1n) is 9.50. The highest BCUT2D eigenvalue weighted by atomic mass is 16.4. The van der Waals surface area contributed by atoms with Crippen molar-refractivity contribution in [3.63, 3.8) is 0 Å². The van der Waals surface area contributed by atoms with E-state index in [9.17, 15) is 4.79 Å². The zero-order chi connectivity index (χ0) is 20.1. The minimum Gasteiger partial charge on any atom is -0.417 e. The molecule has 0 amide bonds. The second kappa shape index (κ2) is 6.41. The van der Waals surface area contributed by atoms with E-state index in [-0.39, 0.29) is 11.4 Å². The molecule has 1 aromatic carbocycles. The van der Waals surface area contributed by atoms with Crippen molar-refractivity contribution < 1.29 is 4.42 Å². The summed E-state index contributed by atoms with van der Waals surface area (Å²) >= 11 is 0. The zero-order valence-corrected chi connectivity index (χ0v) is 16.4. The van der Waals surface area contributed by atoms with Gasteiger partial charge in [-0.1, -0.05) is 37.3 Å². The van der Waals surface area contributed by atoms with E-state index >= 15 is 0 Å². The molecule has 5 rings (SSSR count). The average Bonchev–Trinajstić information content (AvgIpc) is 3.29. The second-order valence-electron chi connectivity index (χ2n) is 7.01. The Kier molecular flexibility index (Phi) is 3.84. The van der Waals surface area contributed by atoms with Crippen molar-refractivity contribution in [3.05, 3.63) is 69.9 Å². The SMILES string of the molecule is CCc1ccnc2oc(-c3c(C)nc4c(-c5ccccc5)c(C)[nH]n4c3=O)nc12. The Balaban J connectivity index is 1.78. The quantitative estimate of drug-likeness (QED) is 0.506. The van der Waals surface area contributed by atoms with Crippen LogP contribution in [0.5, 0.6) is 0 Å². The predicted octanol–water partition coefficient (Wildman–Crippen LogP) is 4.07. The number of aromatic amines is 1. The van der Waals surface area contributed by atoms with Crippen LogP contribution >= 0.6 is 0 Å². The van der Waals surface area contributed by atoms with Crippen molar-refractivity contribution >= 4 is 16.9 Å². The summed E-state index contributed by atoms with van der Waals surface area (Å²) in [5.74, 6) is 0.242. The van der Waals surface area contributed by atoms with Crippen LogP contribution in [-0.4, -0.2) is 24.6 Å². The lowest BCUT2D eigenvalue weighted by Gasteiger charge is -2.03. The summed E-state index contributed by atoms with van der Waals surface area (Å²) in [6.07, 6.45) is 2.49. The van der Waals surface area contributed by atoms with Crippen LogP contribution in [0.15, 0.2) is 51.8 Å². The van der Waals surface area contributed by atoms with E-state index in [4.69, 9.17) is 9.40 Å². The number of rotatable bonds is 3. The van der Waals surface area contributed by atoms with Gasteiger partial charge in [0, 0.05) is 17.5 Å². The molecule has 7 heteroatoms. The third-order valence-electron chi connectivity index (χ3n) is 5.18. The maximum absolute atomic E-state index is 13.3. The molecular formula is C22H19N5O2. The van der Waals surface area contributed by atoms with E-state index in [1.807, 2.05) is 50.2 Å². The molecule has 0 radical (unpaired) electrons. The lowest BCUT2D eigenvalue weighted by molar-refractivity contribution is 0.604. The average molecular weight is 385 g/mol. The van der Waals surface area contributed by atoms with E-state index < -0.39 is 0 Å². The lowest BCUT2D eigenvalue weighted by Crippen LogP contribution is -2.19. The summed E-state index contributed by atoms with van der Waals surface area (Å²) in [6.45, 7) is 5.78. The predicted molar refractivity (Wildman–Crippen MR) is 111 cm³/mol. The smallest absolute Gasteiger partial charge is 0.285 e. The third-order valence-corrected chi connectivity index (χ3v) is 5.18. The van der Waals surface area contributed by atoms with Gasteiger partial charge in [0.25, 0.3) is 5.56 Å². The van der Waals surface area contributed by atoms with Gasteiger partial charge in [-0.05, 0) is 37.5 Å². The summed E-state index contributed by atoms with van der Waals surface area (Å²) in [5, 5.41) is 3.14. The number of nitrogens with one attached hydrogen (secondary N) is 1. The Labute approximate surface area is 166 Å². The van der Waals surface area contributed by atoms with Crippen LogP contribution in [0.3, 0.4) is 0 Å². The van der Waals surface area contributed by atoms with Gasteiger partial charge < -0.3 is 4.42 Å². The minimum atomic E-state index is -0.248. The Morgan fingerprint density at radius 1 is 1.07 bits per heavy atom. The highest BCUT2D eigenvalue weighted by molar-refractivity contribution is 5.81. The Bertz CT molecular complexity index is 1430. The first-order chi connectivity index (χ1) is 14.1. The topological polar surface area (TPSA) is 89.1 Å². The molecule has 0 atom stereocenters. The summed E-state index contributed by atoms with van der Waals surface area (Å²) in [7, 11) is 0. The van der Waals surface area contributed by atoms with Gasteiger partial charge in [0.1, 0.15) is 11.1 Å². The minimum absolute atomic E-state index is 0.242. The maximum Gasteiger partial charge on any atom is 0.285 e. The summed E-state index contributed by atoms with van der Waals surface area (Å²) in [4.78, 5) is 26.9. The molecule has 0 fully saturated rings. The van der Waals surface area contributed by atoms with Crippen molar-refractivity contribution in [1.82, 2.24) is 24.6 Å². The van der Waals surface area contributed by atoms with Gasteiger partial charge in [0.15, 0.2) is 5.65 Å². The Morgan fingerprint density at radius 3 is 2.62 bits per heavy atom. The summed E-state index contributed by atoms with van der Waals surface area (Å²) in [6, 6.07) is 11.8. The standard InChI is InChI=1S/C22H19N5O2/c1-4-14-10-11-23-21-18(14)25-20(29-21)17-12(2)24-19-16(15-8-6-5-7-9-15)13(3)26-27(19)22(17)28/h5-11,26H,4H2,1-3H3. The molecule has 1 N–H and O–H groups in total. The molecule has 0 saturated heterocycles. The summed E-state index contributed by atoms with van der Waals surface area (Å²) < 4.78 is 7.30. The molecule has 0 aliphatic carbocycles. The molecule has 0 bridgehead atoms. The molecule has 4 aromatic heterocycles. The monoisotopic (exact) mass is 385 g/mol. The molecule has 0 saturated carbocycles. The van der Waals surface area contributed by atoms with E-state index in [0.29, 0.717) is 28.1 Å². The number of hydrogen-bond donors (Lipinski definition) is 1. The Hall–Kier alpha value is -3.74. The number of aryl methyl sites for hydroxylation is 3. The first kappa shape index (κ1) is 17.4. The van der Waals surface area contributed by atoms with Crippen LogP contribution in [-0.2, 0) is 6.42 Å². The van der Waals surface area contributed by atoms with E-state index in [1.165, 1.54) is 4.52 Å². The number of pyridine rings is 1. The van der Waals surface area contributed by atoms with Gasteiger partial charge in [-0.15, -0.1) is 0 Å². The van der Waals surface area contributed by atoms with Gasteiger partial charge in [0.05, 0.1) is 5.69 Å². The van der Waals surface area contributed by atoms with Crippen molar-refractivity contribution in [1.29, 1.82) is 0 Å². The third kappa shape index (κ3) is 2.58. The highest BCUT2D eigenvalue weighted by Gasteiger charge is 2.22. The molecule has 0 aliphatic rings. The van der Waals surface area contributed by atoms with Crippen LogP contribution in [0.25, 0.3) is 39.5 Å². The molecule has 29 heavy (non-hydrogen) atoms. The fourth-order valence-electron chi connectivity index (χ4n) is 3.76. The Morgan fingerprint density at radius 2 is 1.86 bits per heavy atom. The zero-order valence-electron chi connectivity index (χ0n) is 16.4. The van der Waals surface area contributed by atoms with E-state index in [1.54, 1.807) is 13.1 Å². The lowest BCUT2D eigenvalue weighted by atomic mass is 10.1. The normalized spacial score (nSPS) is 11.6. The van der Waals surface area contributed by atoms with Crippen LogP contribution in [0.2, 0.25) is 0 Å². The number of fused-ring (bicyclic) bond motifs is 2. The van der Waals surface area contributed by atoms with Gasteiger partial charge in [0.2, 0.25) is 11.6 Å². The fraction of sp³-hybridized carbons (Fsp3) is 0.182. The molecule has 0 spiro atoms. The van der Waals surface area contributed by atoms with Crippen molar-refractivity contribution in [2.75, 3.05) is 0 Å². The van der Waals surface area contributed by atoms with E-state index in [2.05, 4.69) is 15.1 Å². The number of benzene rings is 1. The number of aromatic nitrogens is 5. The summed E-state index contributed by atoms with van der Waals surface area (Å²) in [5.41, 5.74) is 6.15. The van der Waals surface area contributed by atoms with Gasteiger partial charge in [-0.25, -0.2) is 19.5 Å². The molecule has 7 nitrogen and oxygen atoms in total. The number of oxazole rings is 1. The van der Waals surface area contributed by atoms with Crippen LogP contribution in [0.1, 0.15) is 23.9 Å². The molecule has 0 unspecified atom stereocenters. The van der Waals surface area contributed by atoms with Crippen LogP contribution in [0.4, 0.5) is 0 Å². The van der Waals surface area contributed by atoms with Crippen LogP contribution in [0, 0.1) is 13.8 Å². The molecule has 0 aliphatic heterocycles. The molecule has 144 valence electrons. The molecular weight excluding hydrogens is 366 g/mol. The van der Waals surface area contributed by atoms with Gasteiger partial charge >= 0.3 is 0 Å². The highest BCUT2D eigenvalue weighted by Crippen LogP contribution is 2.29. The fourth-order valence-corrected chi connectivity index (χ4v) is 3.76. The van der Waals surface area contributed by atoms with Gasteiger partial charge in [-0.2, -0.15) is 0 Å². The number of hydrogen-bond acceptors (Lipinski definition) is 5. The first-order valence-corrected chi connectivity index (χ1v) is 9.50. The van der Waals surface area contributed by atoms with E-state index in [0.717, 1.165) is 28.8 Å². The number of nitrogens with zero attached hydrogens (tertiary/aromatic N) is 4. The molecule has 4 heterocycles. The van der Waals surface area contributed by atoms with Gasteiger partial charge in [-0.3, -0.25) is 9.89 Å². The van der Waals surface area contributed by atoms with Crippen molar-refractivity contribution in [3.8, 4) is 22.6 Å². The number of H-pyrrole nitrogens is 1. The molecule has 5 aromatic rings. The maximum atomic E-state index is 13.3. The van der Waals surface area contributed by atoms with Crippen molar-refractivity contribution in [2.24, 2.45) is 0 Å². The largest absolute Gasteiger partial charge is 0.417 e. The van der Waals surface area contributed by atoms with Crippen molar-refractivity contribution in [2.45, 2.75) is 27.2 Å². The van der Waals surface area contributed by atoms with Crippen LogP contribution < -0.4 is 5.56 Å². The second-order valence-corrected chi connectivity index (χ2v) is 7.01.